The highest BCUT2D eigenvalue weighted by molar-refractivity contribution is 7.99. The SMILES string of the molecule is CC(C)(C)NC(=O)[C@H](Cc1ccccc1)N(Cc1ccccc1Cl)C(=O)CSCc1ccccc1Cl. The van der Waals surface area contributed by atoms with Gasteiger partial charge in [0.1, 0.15) is 6.04 Å². The zero-order chi connectivity index (χ0) is 26.1. The van der Waals surface area contributed by atoms with Crippen LogP contribution in [0.5, 0.6) is 0 Å². The van der Waals surface area contributed by atoms with Gasteiger partial charge >= 0.3 is 0 Å². The molecule has 1 atom stereocenters. The summed E-state index contributed by atoms with van der Waals surface area (Å²) in [6, 6.07) is 24.1. The van der Waals surface area contributed by atoms with Gasteiger partial charge in [-0.3, -0.25) is 9.59 Å². The molecular weight excluding hydrogens is 511 g/mol. The van der Waals surface area contributed by atoms with Crippen molar-refractivity contribution >= 4 is 46.8 Å². The van der Waals surface area contributed by atoms with Gasteiger partial charge in [-0.2, -0.15) is 0 Å². The van der Waals surface area contributed by atoms with Gasteiger partial charge in [0, 0.05) is 34.3 Å². The highest BCUT2D eigenvalue weighted by Crippen LogP contribution is 2.24. The molecule has 3 rings (SSSR count). The Balaban J connectivity index is 1.89. The molecule has 0 saturated carbocycles. The molecule has 0 radical (unpaired) electrons. The molecule has 0 aliphatic rings. The molecular formula is C29H32Cl2N2O2S. The zero-order valence-electron chi connectivity index (χ0n) is 20.8. The summed E-state index contributed by atoms with van der Waals surface area (Å²) in [4.78, 5) is 28.9. The van der Waals surface area contributed by atoms with Gasteiger partial charge in [0.25, 0.3) is 0 Å². The maximum absolute atomic E-state index is 13.7. The minimum absolute atomic E-state index is 0.128. The highest BCUT2D eigenvalue weighted by atomic mass is 35.5. The van der Waals surface area contributed by atoms with Crippen LogP contribution in [0.25, 0.3) is 0 Å². The van der Waals surface area contributed by atoms with Crippen LogP contribution in [0.15, 0.2) is 78.9 Å². The Kier molecular flexibility index (Phi) is 10.3. The van der Waals surface area contributed by atoms with Crippen molar-refractivity contribution in [3.63, 3.8) is 0 Å². The van der Waals surface area contributed by atoms with Gasteiger partial charge in [-0.05, 0) is 49.6 Å². The second kappa shape index (κ2) is 13.2. The minimum atomic E-state index is -0.698. The van der Waals surface area contributed by atoms with Crippen molar-refractivity contribution in [1.29, 1.82) is 0 Å². The predicted molar refractivity (Wildman–Crippen MR) is 151 cm³/mol. The van der Waals surface area contributed by atoms with Crippen LogP contribution in [0.3, 0.4) is 0 Å². The summed E-state index contributed by atoms with van der Waals surface area (Å²) in [6.45, 7) is 6.04. The van der Waals surface area contributed by atoms with Gasteiger partial charge in [0.15, 0.2) is 0 Å². The number of carbonyl (C=O) groups is 2. The largest absolute Gasteiger partial charge is 0.350 e. The molecule has 0 fully saturated rings. The van der Waals surface area contributed by atoms with Crippen molar-refractivity contribution in [3.8, 4) is 0 Å². The smallest absolute Gasteiger partial charge is 0.243 e. The topological polar surface area (TPSA) is 49.4 Å². The van der Waals surface area contributed by atoms with Crippen molar-refractivity contribution in [1.82, 2.24) is 10.2 Å². The maximum atomic E-state index is 13.7. The Morgan fingerprint density at radius 2 is 1.42 bits per heavy atom. The molecule has 0 aromatic heterocycles. The summed E-state index contributed by atoms with van der Waals surface area (Å²) in [7, 11) is 0. The van der Waals surface area contributed by atoms with Crippen molar-refractivity contribution in [2.24, 2.45) is 0 Å². The number of thioether (sulfide) groups is 1. The van der Waals surface area contributed by atoms with E-state index < -0.39 is 11.6 Å². The van der Waals surface area contributed by atoms with Crippen molar-refractivity contribution in [2.45, 2.75) is 51.1 Å². The van der Waals surface area contributed by atoms with E-state index in [9.17, 15) is 9.59 Å². The Morgan fingerprint density at radius 3 is 2.00 bits per heavy atom. The number of hydrogen-bond acceptors (Lipinski definition) is 3. The van der Waals surface area contributed by atoms with E-state index in [-0.39, 0.29) is 24.1 Å². The summed E-state index contributed by atoms with van der Waals surface area (Å²) in [5, 5.41) is 4.32. The van der Waals surface area contributed by atoms with Crippen molar-refractivity contribution < 1.29 is 9.59 Å². The number of nitrogens with one attached hydrogen (secondary N) is 1. The Bertz CT molecular complexity index is 1170. The first-order valence-electron chi connectivity index (χ1n) is 11.8. The summed E-state index contributed by atoms with van der Waals surface area (Å²) in [5.41, 5.74) is 2.31. The molecule has 4 nitrogen and oxygen atoms in total. The van der Waals surface area contributed by atoms with E-state index in [4.69, 9.17) is 23.2 Å². The summed E-state index contributed by atoms with van der Waals surface area (Å²) in [5.74, 6) is 0.493. The summed E-state index contributed by atoms with van der Waals surface area (Å²) < 4.78 is 0. The van der Waals surface area contributed by atoms with Crippen LogP contribution >= 0.6 is 35.0 Å². The van der Waals surface area contributed by atoms with Crippen LogP contribution < -0.4 is 5.32 Å². The molecule has 0 saturated heterocycles. The number of nitrogens with zero attached hydrogens (tertiary/aromatic N) is 1. The number of carbonyl (C=O) groups excluding carboxylic acids is 2. The fourth-order valence-corrected chi connectivity index (χ4v) is 5.16. The van der Waals surface area contributed by atoms with Crippen LogP contribution in [0.4, 0.5) is 0 Å². The Labute approximate surface area is 228 Å². The number of amides is 2. The monoisotopic (exact) mass is 542 g/mol. The van der Waals surface area contributed by atoms with E-state index in [1.807, 2.05) is 93.6 Å². The first-order chi connectivity index (χ1) is 17.1. The Morgan fingerprint density at radius 1 is 0.861 bits per heavy atom. The van der Waals surface area contributed by atoms with Gasteiger partial charge in [0.05, 0.1) is 5.75 Å². The van der Waals surface area contributed by atoms with Crippen LogP contribution in [-0.4, -0.2) is 34.0 Å². The Hall–Kier alpha value is -2.47. The molecule has 2 amide bonds. The lowest BCUT2D eigenvalue weighted by Crippen LogP contribution is -2.54. The summed E-state index contributed by atoms with van der Waals surface area (Å²) >= 11 is 14.2. The number of halogens is 2. The van der Waals surface area contributed by atoms with E-state index in [1.54, 1.807) is 11.0 Å². The standard InChI is InChI=1S/C29H32Cl2N2O2S/c1-29(2,3)32-28(35)26(17-21-11-5-4-6-12-21)33(18-22-13-7-9-15-24(22)30)27(34)20-36-19-23-14-8-10-16-25(23)31/h4-16,26H,17-20H2,1-3H3,(H,32,35)/t26-/m0/s1. The van der Waals surface area contributed by atoms with E-state index in [0.29, 0.717) is 22.2 Å². The average molecular weight is 544 g/mol. The quantitative estimate of drug-likeness (QED) is 0.307. The fraction of sp³-hybridized carbons (Fsp3) is 0.310. The second-order valence-electron chi connectivity index (χ2n) is 9.64. The first-order valence-corrected chi connectivity index (χ1v) is 13.7. The van der Waals surface area contributed by atoms with Crippen LogP contribution in [0, 0.1) is 0 Å². The van der Waals surface area contributed by atoms with Gasteiger partial charge in [-0.25, -0.2) is 0 Å². The van der Waals surface area contributed by atoms with Crippen molar-refractivity contribution in [2.75, 3.05) is 5.75 Å². The van der Waals surface area contributed by atoms with E-state index in [0.717, 1.165) is 16.7 Å². The molecule has 0 spiro atoms. The molecule has 0 aliphatic carbocycles. The van der Waals surface area contributed by atoms with Gasteiger partial charge in [0.2, 0.25) is 11.8 Å². The molecule has 36 heavy (non-hydrogen) atoms. The van der Waals surface area contributed by atoms with E-state index >= 15 is 0 Å². The van der Waals surface area contributed by atoms with Gasteiger partial charge in [-0.15, -0.1) is 11.8 Å². The normalized spacial score (nSPS) is 12.1. The molecule has 0 bridgehead atoms. The number of rotatable bonds is 10. The molecule has 0 unspecified atom stereocenters. The van der Waals surface area contributed by atoms with E-state index in [1.165, 1.54) is 11.8 Å². The maximum Gasteiger partial charge on any atom is 0.243 e. The fourth-order valence-electron chi connectivity index (χ4n) is 3.76. The van der Waals surface area contributed by atoms with Crippen LogP contribution in [-0.2, 0) is 28.3 Å². The van der Waals surface area contributed by atoms with Gasteiger partial charge in [-0.1, -0.05) is 89.9 Å². The molecule has 3 aromatic rings. The van der Waals surface area contributed by atoms with Crippen LogP contribution in [0.1, 0.15) is 37.5 Å². The average Bonchev–Trinajstić information content (AvgIpc) is 2.83. The minimum Gasteiger partial charge on any atom is -0.350 e. The first kappa shape index (κ1) is 28.1. The molecule has 190 valence electrons. The van der Waals surface area contributed by atoms with Crippen LogP contribution in [0.2, 0.25) is 10.0 Å². The number of hydrogen-bond donors (Lipinski definition) is 1. The van der Waals surface area contributed by atoms with E-state index in [2.05, 4.69) is 5.32 Å². The van der Waals surface area contributed by atoms with Gasteiger partial charge < -0.3 is 10.2 Å². The van der Waals surface area contributed by atoms with Crippen molar-refractivity contribution in [3.05, 3.63) is 106 Å². The predicted octanol–water partition coefficient (Wildman–Crippen LogP) is 6.78. The lowest BCUT2D eigenvalue weighted by molar-refractivity contribution is -0.140. The molecule has 3 aromatic carbocycles. The second-order valence-corrected chi connectivity index (χ2v) is 11.4. The molecule has 1 N–H and O–H groups in total. The third-order valence-electron chi connectivity index (χ3n) is 5.51. The zero-order valence-corrected chi connectivity index (χ0v) is 23.2. The lowest BCUT2D eigenvalue weighted by Gasteiger charge is -2.34. The lowest BCUT2D eigenvalue weighted by atomic mass is 10.0. The summed E-state index contributed by atoms with van der Waals surface area (Å²) in [6.07, 6.45) is 0.397. The third kappa shape index (κ3) is 8.58. The molecule has 0 aliphatic heterocycles. The molecule has 7 heteroatoms. The third-order valence-corrected chi connectivity index (χ3v) is 7.21. The highest BCUT2D eigenvalue weighted by Gasteiger charge is 2.32. The molecule has 0 heterocycles. The number of benzene rings is 3.